The molecule has 0 amide bonds. The third kappa shape index (κ3) is 1.28. The van der Waals surface area contributed by atoms with Gasteiger partial charge in [0.05, 0.1) is 0 Å². The largest absolute Gasteiger partial charge is 0.444 e. The second-order valence-electron chi connectivity index (χ2n) is 2.25. The molecule has 1 aliphatic rings. The van der Waals surface area contributed by atoms with Crippen molar-refractivity contribution in [2.45, 2.75) is 0 Å². The summed E-state index contributed by atoms with van der Waals surface area (Å²) in [5.74, 6) is 2.45. The summed E-state index contributed by atoms with van der Waals surface area (Å²) in [5, 5.41) is 0. The molecule has 0 spiro atoms. The first-order chi connectivity index (χ1) is 5.36. The van der Waals surface area contributed by atoms with E-state index in [-0.39, 0.29) is 0 Å². The van der Waals surface area contributed by atoms with E-state index in [1.54, 1.807) is 5.82 Å². The van der Waals surface area contributed by atoms with Crippen LogP contribution in [0.25, 0.3) is 6.08 Å². The molecule has 0 aromatic heterocycles. The van der Waals surface area contributed by atoms with Gasteiger partial charge in [0.25, 0.3) is 8.38 Å². The molecule has 2 nitrogen and oxygen atoms in total. The first-order valence-corrected chi connectivity index (χ1v) is 4.58. The highest BCUT2D eigenvalue weighted by Crippen LogP contribution is 2.41. The number of para-hydroxylation sites is 1. The molecule has 1 N–H and O–H groups in total. The van der Waals surface area contributed by atoms with Crippen molar-refractivity contribution in [3.63, 3.8) is 0 Å². The van der Waals surface area contributed by atoms with E-state index >= 15 is 0 Å². The lowest BCUT2D eigenvalue weighted by Crippen LogP contribution is -1.90. The van der Waals surface area contributed by atoms with Crippen LogP contribution >= 0.6 is 8.38 Å². The summed E-state index contributed by atoms with van der Waals surface area (Å²) in [7, 11) is -1.36. The molecular weight excluding hydrogens is 159 g/mol. The van der Waals surface area contributed by atoms with Gasteiger partial charge in [-0.3, -0.25) is 0 Å². The van der Waals surface area contributed by atoms with Crippen LogP contribution in [-0.4, -0.2) is 4.89 Å². The van der Waals surface area contributed by atoms with Crippen LogP contribution < -0.4 is 4.52 Å². The van der Waals surface area contributed by atoms with Gasteiger partial charge in [-0.25, -0.2) is 0 Å². The predicted molar refractivity (Wildman–Crippen MR) is 45.2 cm³/mol. The molecule has 1 aromatic rings. The lowest BCUT2D eigenvalue weighted by molar-refractivity contribution is 0.496. The average Bonchev–Trinajstić information content (AvgIpc) is 2.04. The van der Waals surface area contributed by atoms with Crippen molar-refractivity contribution in [3.05, 3.63) is 35.6 Å². The number of rotatable bonds is 0. The van der Waals surface area contributed by atoms with Crippen LogP contribution in [0.4, 0.5) is 0 Å². The molecule has 0 bridgehead atoms. The van der Waals surface area contributed by atoms with E-state index in [0.717, 1.165) is 11.3 Å². The maximum absolute atomic E-state index is 9.11. The van der Waals surface area contributed by atoms with Crippen molar-refractivity contribution >= 4 is 14.5 Å². The maximum atomic E-state index is 9.11. The Bertz CT molecular complexity index is 296. The molecule has 11 heavy (non-hydrogen) atoms. The van der Waals surface area contributed by atoms with E-state index in [1.165, 1.54) is 0 Å². The maximum Gasteiger partial charge on any atom is 0.254 e. The molecule has 1 unspecified atom stereocenters. The van der Waals surface area contributed by atoms with Gasteiger partial charge in [0.1, 0.15) is 5.75 Å². The Morgan fingerprint density at radius 2 is 2.09 bits per heavy atom. The summed E-state index contributed by atoms with van der Waals surface area (Å²) in [4.78, 5) is 9.11. The van der Waals surface area contributed by atoms with E-state index in [2.05, 4.69) is 0 Å². The summed E-state index contributed by atoms with van der Waals surface area (Å²) < 4.78 is 5.17. The Balaban J connectivity index is 2.46. The molecule has 1 heterocycles. The average molecular weight is 166 g/mol. The van der Waals surface area contributed by atoms with Gasteiger partial charge in [-0.2, -0.15) is 0 Å². The SMILES string of the molecule is OP1C=Cc2ccccc2O1. The Labute approximate surface area is 66.0 Å². The topological polar surface area (TPSA) is 29.5 Å². The molecule has 0 fully saturated rings. The van der Waals surface area contributed by atoms with E-state index in [4.69, 9.17) is 9.42 Å². The van der Waals surface area contributed by atoms with Crippen LogP contribution in [0, 0.1) is 0 Å². The van der Waals surface area contributed by atoms with Gasteiger partial charge in [-0.15, -0.1) is 0 Å². The van der Waals surface area contributed by atoms with Gasteiger partial charge in [-0.05, 0) is 12.1 Å². The molecule has 1 atom stereocenters. The number of hydrogen-bond acceptors (Lipinski definition) is 2. The van der Waals surface area contributed by atoms with Crippen molar-refractivity contribution < 1.29 is 9.42 Å². The molecule has 0 saturated carbocycles. The molecule has 0 aliphatic carbocycles. The monoisotopic (exact) mass is 166 g/mol. The van der Waals surface area contributed by atoms with E-state index < -0.39 is 8.38 Å². The van der Waals surface area contributed by atoms with Crippen molar-refractivity contribution in [1.82, 2.24) is 0 Å². The smallest absolute Gasteiger partial charge is 0.254 e. The zero-order valence-corrected chi connectivity index (χ0v) is 6.66. The Morgan fingerprint density at radius 3 is 3.00 bits per heavy atom. The van der Waals surface area contributed by atoms with Crippen LogP contribution in [0.1, 0.15) is 5.56 Å². The molecule has 3 heteroatoms. The summed E-state index contributed by atoms with van der Waals surface area (Å²) in [6.45, 7) is 0. The summed E-state index contributed by atoms with van der Waals surface area (Å²) in [5.41, 5.74) is 1.03. The molecular formula is C8H7O2P. The van der Waals surface area contributed by atoms with E-state index in [9.17, 15) is 0 Å². The normalized spacial score (nSPS) is 20.6. The lowest BCUT2D eigenvalue weighted by atomic mass is 10.2. The second-order valence-corrected chi connectivity index (χ2v) is 3.33. The molecule has 1 aromatic carbocycles. The highest BCUT2D eigenvalue weighted by molar-refractivity contribution is 7.50. The first kappa shape index (κ1) is 6.84. The van der Waals surface area contributed by atoms with Gasteiger partial charge >= 0.3 is 0 Å². The zero-order chi connectivity index (χ0) is 7.68. The first-order valence-electron chi connectivity index (χ1n) is 3.29. The van der Waals surface area contributed by atoms with Crippen molar-refractivity contribution in [3.8, 4) is 5.75 Å². The third-order valence-corrected chi connectivity index (χ3v) is 2.28. The quantitative estimate of drug-likeness (QED) is 0.599. The van der Waals surface area contributed by atoms with Crippen LogP contribution in [0.2, 0.25) is 0 Å². The van der Waals surface area contributed by atoms with E-state index in [1.807, 2.05) is 30.3 Å². The van der Waals surface area contributed by atoms with Gasteiger partial charge in [0.2, 0.25) is 0 Å². The van der Waals surface area contributed by atoms with Gasteiger partial charge in [-0.1, -0.05) is 18.2 Å². The number of benzene rings is 1. The predicted octanol–water partition coefficient (Wildman–Crippen LogP) is 2.35. The Morgan fingerprint density at radius 1 is 1.27 bits per heavy atom. The minimum atomic E-state index is -1.36. The van der Waals surface area contributed by atoms with E-state index in [0.29, 0.717) is 0 Å². The molecule has 56 valence electrons. The molecule has 0 radical (unpaired) electrons. The van der Waals surface area contributed by atoms with Gasteiger partial charge in [0, 0.05) is 11.4 Å². The fourth-order valence-corrected chi connectivity index (χ4v) is 1.69. The summed E-state index contributed by atoms with van der Waals surface area (Å²) in [6.07, 6.45) is 1.88. The highest BCUT2D eigenvalue weighted by atomic mass is 31.2. The van der Waals surface area contributed by atoms with Crippen LogP contribution in [0.15, 0.2) is 30.1 Å². The number of hydrogen-bond donors (Lipinski definition) is 1. The Hall–Kier alpha value is -0.850. The fourth-order valence-electron chi connectivity index (χ4n) is 0.977. The van der Waals surface area contributed by atoms with Gasteiger partial charge < -0.3 is 9.42 Å². The van der Waals surface area contributed by atoms with Crippen LogP contribution in [0.5, 0.6) is 5.75 Å². The highest BCUT2D eigenvalue weighted by Gasteiger charge is 2.10. The van der Waals surface area contributed by atoms with Crippen molar-refractivity contribution in [2.24, 2.45) is 0 Å². The van der Waals surface area contributed by atoms with Crippen LogP contribution in [-0.2, 0) is 0 Å². The second kappa shape index (κ2) is 2.65. The molecule has 2 rings (SSSR count). The van der Waals surface area contributed by atoms with Gasteiger partial charge in [0.15, 0.2) is 0 Å². The molecule has 0 saturated heterocycles. The third-order valence-electron chi connectivity index (χ3n) is 1.49. The van der Waals surface area contributed by atoms with Crippen LogP contribution in [0.3, 0.4) is 0 Å². The molecule has 1 aliphatic heterocycles. The van der Waals surface area contributed by atoms with Crippen molar-refractivity contribution in [1.29, 1.82) is 0 Å². The minimum absolute atomic E-state index is 0.767. The lowest BCUT2D eigenvalue weighted by Gasteiger charge is -2.14. The summed E-state index contributed by atoms with van der Waals surface area (Å²) >= 11 is 0. The fraction of sp³-hybridized carbons (Fsp3) is 0. The minimum Gasteiger partial charge on any atom is -0.444 e. The van der Waals surface area contributed by atoms with Crippen molar-refractivity contribution in [2.75, 3.05) is 0 Å². The Kier molecular flexibility index (Phi) is 1.65. The standard InChI is InChI=1S/C8H7O2P/c9-11-6-5-7-3-1-2-4-8(7)10-11/h1-6,9H. The summed E-state index contributed by atoms with van der Waals surface area (Å²) in [6, 6.07) is 7.64. The number of fused-ring (bicyclic) bond motifs is 1. The zero-order valence-electron chi connectivity index (χ0n) is 5.77.